The summed E-state index contributed by atoms with van der Waals surface area (Å²) in [6, 6.07) is 13.7. The van der Waals surface area contributed by atoms with Gasteiger partial charge in [-0.05, 0) is 50.2 Å². The van der Waals surface area contributed by atoms with Gasteiger partial charge in [0.2, 0.25) is 21.8 Å². The predicted octanol–water partition coefficient (Wildman–Crippen LogP) is 3.36. The third kappa shape index (κ3) is 4.35. The number of aryl methyl sites for hydroxylation is 1. The zero-order valence-corrected chi connectivity index (χ0v) is 21.9. The van der Waals surface area contributed by atoms with Crippen molar-refractivity contribution in [3.63, 3.8) is 0 Å². The van der Waals surface area contributed by atoms with Crippen LogP contribution < -0.4 is 14.2 Å². The number of benzene rings is 1. The summed E-state index contributed by atoms with van der Waals surface area (Å²) in [6.45, 7) is 3.19. The molecular formula is C25H26N6O6S. The average molecular weight is 539 g/mol. The molecule has 0 aliphatic heterocycles. The molecule has 0 spiro atoms. The van der Waals surface area contributed by atoms with Crippen LogP contribution in [0.4, 0.5) is 5.95 Å². The van der Waals surface area contributed by atoms with Crippen molar-refractivity contribution in [2.45, 2.75) is 25.2 Å². The van der Waals surface area contributed by atoms with Crippen molar-refractivity contribution in [1.29, 1.82) is 0 Å². The monoisotopic (exact) mass is 538 g/mol. The molecule has 12 nitrogen and oxygen atoms in total. The second-order valence-corrected chi connectivity index (χ2v) is 10.5. The second-order valence-electron chi connectivity index (χ2n) is 8.51. The summed E-state index contributed by atoms with van der Waals surface area (Å²) in [6.07, 6.45) is 1.85. The standard InChI is InChI=1S/C25H26N6O6S/c1-15-11-12-20(37-15)24-27-28-25(31(24)22-18(35-3)8-6-9-19(22)36-4)29-38(33,34)16(2)23(32)17-7-5-10-21-26-13-14-30(17)21/h5-14,16,23,32H,1-4H3,(H,28,29)/t16-,23-/m1/s1. The molecule has 0 unspecified atom stereocenters. The SMILES string of the molecule is COc1cccc(OC)c1-n1c(NS(=O)(=O)[C@H](C)[C@@H](O)c2cccc3nccn23)nnc1-c1ccc(C)o1. The van der Waals surface area contributed by atoms with Crippen LogP contribution in [0.5, 0.6) is 11.5 Å². The van der Waals surface area contributed by atoms with Crippen LogP contribution >= 0.6 is 0 Å². The Balaban J connectivity index is 1.60. The maximum absolute atomic E-state index is 13.6. The Morgan fingerprint density at radius 1 is 1.03 bits per heavy atom. The fourth-order valence-electron chi connectivity index (χ4n) is 4.17. The first kappa shape index (κ1) is 25.3. The van der Waals surface area contributed by atoms with E-state index in [-0.39, 0.29) is 11.8 Å². The molecule has 38 heavy (non-hydrogen) atoms. The number of para-hydroxylation sites is 1. The van der Waals surface area contributed by atoms with E-state index < -0.39 is 21.4 Å². The van der Waals surface area contributed by atoms with Crippen molar-refractivity contribution >= 4 is 21.6 Å². The molecule has 2 N–H and O–H groups in total. The maximum Gasteiger partial charge on any atom is 0.243 e. The van der Waals surface area contributed by atoms with Crippen molar-refractivity contribution in [2.75, 3.05) is 18.9 Å². The molecule has 13 heteroatoms. The van der Waals surface area contributed by atoms with Crippen LogP contribution in [0.25, 0.3) is 22.9 Å². The third-order valence-corrected chi connectivity index (χ3v) is 7.88. The van der Waals surface area contributed by atoms with E-state index in [0.29, 0.717) is 40.0 Å². The lowest BCUT2D eigenvalue weighted by molar-refractivity contribution is 0.170. The van der Waals surface area contributed by atoms with Gasteiger partial charge in [0.15, 0.2) is 5.76 Å². The zero-order chi connectivity index (χ0) is 27.0. The lowest BCUT2D eigenvalue weighted by Crippen LogP contribution is -2.32. The number of anilines is 1. The Kier molecular flexibility index (Phi) is 6.55. The maximum atomic E-state index is 13.6. The molecule has 198 valence electrons. The molecule has 0 aliphatic rings. The van der Waals surface area contributed by atoms with Crippen LogP contribution in [0.15, 0.2) is 65.3 Å². The summed E-state index contributed by atoms with van der Waals surface area (Å²) >= 11 is 0. The van der Waals surface area contributed by atoms with E-state index in [9.17, 15) is 13.5 Å². The van der Waals surface area contributed by atoms with E-state index in [1.165, 1.54) is 25.7 Å². The highest BCUT2D eigenvalue weighted by molar-refractivity contribution is 7.93. The van der Waals surface area contributed by atoms with E-state index in [2.05, 4.69) is 19.9 Å². The number of furan rings is 1. The highest BCUT2D eigenvalue weighted by Crippen LogP contribution is 2.38. The Hall–Kier alpha value is -4.36. The van der Waals surface area contributed by atoms with Crippen molar-refractivity contribution in [1.82, 2.24) is 24.1 Å². The molecule has 2 atom stereocenters. The number of nitrogens with zero attached hydrogens (tertiary/aromatic N) is 5. The minimum absolute atomic E-state index is 0.142. The molecule has 5 rings (SSSR count). The van der Waals surface area contributed by atoms with Crippen LogP contribution in [-0.4, -0.2) is 57.1 Å². The average Bonchev–Trinajstić information content (AvgIpc) is 3.66. The number of aliphatic hydroxyl groups is 1. The number of methoxy groups -OCH3 is 2. The number of hydrogen-bond acceptors (Lipinski definition) is 9. The second kappa shape index (κ2) is 9.84. The number of pyridine rings is 1. The van der Waals surface area contributed by atoms with E-state index >= 15 is 0 Å². The fourth-order valence-corrected chi connectivity index (χ4v) is 5.22. The molecule has 0 amide bonds. The van der Waals surface area contributed by atoms with Gasteiger partial charge in [-0.2, -0.15) is 0 Å². The van der Waals surface area contributed by atoms with Crippen molar-refractivity contribution in [3.05, 3.63) is 72.4 Å². The molecule has 1 aromatic carbocycles. The number of sulfonamides is 1. The van der Waals surface area contributed by atoms with Crippen molar-refractivity contribution in [3.8, 4) is 28.8 Å². The van der Waals surface area contributed by atoms with E-state index in [1.807, 2.05) is 0 Å². The number of rotatable bonds is 9. The van der Waals surface area contributed by atoms with Crippen molar-refractivity contribution < 1.29 is 27.4 Å². The van der Waals surface area contributed by atoms with Gasteiger partial charge in [-0.1, -0.05) is 12.1 Å². The molecule has 4 aromatic heterocycles. The highest BCUT2D eigenvalue weighted by atomic mass is 32.2. The zero-order valence-electron chi connectivity index (χ0n) is 21.1. The molecule has 5 aromatic rings. The molecule has 0 radical (unpaired) electrons. The molecule has 4 heterocycles. The Morgan fingerprint density at radius 2 is 1.74 bits per heavy atom. The number of fused-ring (bicyclic) bond motifs is 1. The third-order valence-electron chi connectivity index (χ3n) is 6.18. The van der Waals surface area contributed by atoms with E-state index in [0.717, 1.165) is 0 Å². The normalized spacial score (nSPS) is 13.4. The van der Waals surface area contributed by atoms with E-state index in [4.69, 9.17) is 13.9 Å². The highest BCUT2D eigenvalue weighted by Gasteiger charge is 2.33. The van der Waals surface area contributed by atoms with Crippen LogP contribution in [0, 0.1) is 6.92 Å². The minimum Gasteiger partial charge on any atom is -0.494 e. The molecule has 0 aliphatic carbocycles. The first-order valence-electron chi connectivity index (χ1n) is 11.6. The lowest BCUT2D eigenvalue weighted by atomic mass is 10.2. The Labute approximate surface area is 218 Å². The summed E-state index contributed by atoms with van der Waals surface area (Å²) in [7, 11) is -1.25. The van der Waals surface area contributed by atoms with Crippen LogP contribution in [0.2, 0.25) is 0 Å². The van der Waals surface area contributed by atoms with Crippen LogP contribution in [0.3, 0.4) is 0 Å². The first-order chi connectivity index (χ1) is 18.2. The van der Waals surface area contributed by atoms with Gasteiger partial charge in [0.25, 0.3) is 0 Å². The smallest absolute Gasteiger partial charge is 0.243 e. The summed E-state index contributed by atoms with van der Waals surface area (Å²) in [5.41, 5.74) is 1.32. The first-order valence-corrected chi connectivity index (χ1v) is 13.1. The predicted molar refractivity (Wildman–Crippen MR) is 139 cm³/mol. The van der Waals surface area contributed by atoms with Gasteiger partial charge in [-0.15, -0.1) is 10.2 Å². The molecule has 0 saturated carbocycles. The minimum atomic E-state index is -4.22. The molecule has 0 fully saturated rings. The number of ether oxygens (including phenoxy) is 2. The topological polar surface area (TPSA) is 146 Å². The summed E-state index contributed by atoms with van der Waals surface area (Å²) in [5.74, 6) is 1.83. The van der Waals surface area contributed by atoms with Gasteiger partial charge in [0.05, 0.1) is 19.9 Å². The fraction of sp³-hybridized carbons (Fsp3) is 0.240. The van der Waals surface area contributed by atoms with Crippen molar-refractivity contribution in [2.24, 2.45) is 0 Å². The van der Waals surface area contributed by atoms with E-state index in [1.54, 1.807) is 72.2 Å². The summed E-state index contributed by atoms with van der Waals surface area (Å²) < 4.78 is 49.6. The van der Waals surface area contributed by atoms with Gasteiger partial charge in [0, 0.05) is 12.4 Å². The Morgan fingerprint density at radius 3 is 2.39 bits per heavy atom. The van der Waals surface area contributed by atoms with Gasteiger partial charge in [-0.25, -0.2) is 13.4 Å². The van der Waals surface area contributed by atoms with Gasteiger partial charge >= 0.3 is 0 Å². The molecule has 0 saturated heterocycles. The van der Waals surface area contributed by atoms with Crippen LogP contribution in [-0.2, 0) is 10.0 Å². The van der Waals surface area contributed by atoms with Gasteiger partial charge < -0.3 is 23.4 Å². The number of hydrogen-bond donors (Lipinski definition) is 2. The van der Waals surface area contributed by atoms with Gasteiger partial charge in [0.1, 0.15) is 39.9 Å². The van der Waals surface area contributed by atoms with Crippen LogP contribution in [0.1, 0.15) is 24.5 Å². The summed E-state index contributed by atoms with van der Waals surface area (Å²) in [4.78, 5) is 4.19. The molecular weight excluding hydrogens is 512 g/mol. The lowest BCUT2D eigenvalue weighted by Gasteiger charge is -2.22. The number of imidazole rings is 1. The quantitative estimate of drug-likeness (QED) is 0.288. The van der Waals surface area contributed by atoms with Gasteiger partial charge in [-0.3, -0.25) is 9.29 Å². The number of aliphatic hydroxyl groups excluding tert-OH is 1. The number of nitrogens with one attached hydrogen (secondary N) is 1. The molecule has 0 bridgehead atoms. The Bertz CT molecular complexity index is 1680. The number of aromatic nitrogens is 5. The largest absolute Gasteiger partial charge is 0.494 e. The summed E-state index contributed by atoms with van der Waals surface area (Å²) in [5, 5.41) is 18.1.